The van der Waals surface area contributed by atoms with Gasteiger partial charge in [0.1, 0.15) is 0 Å². The summed E-state index contributed by atoms with van der Waals surface area (Å²) in [5, 5.41) is 0. The monoisotopic (exact) mass is 262 g/mol. The molecule has 8 heteroatoms. The van der Waals surface area contributed by atoms with E-state index in [1.54, 1.807) is 0 Å². The first-order chi connectivity index (χ1) is 2.00. The normalized spacial score (nSPS) is 6.44. The summed E-state index contributed by atoms with van der Waals surface area (Å²) in [6, 6.07) is 0. The quantitative estimate of drug-likeness (QED) is 0.442. The summed E-state index contributed by atoms with van der Waals surface area (Å²) in [5.41, 5.74) is 0. The van der Waals surface area contributed by atoms with Crippen LogP contribution in [-0.2, 0) is 54.3 Å². The summed E-state index contributed by atoms with van der Waals surface area (Å²) in [5.74, 6) is 0. The molecule has 1 radical (unpaired) electrons. The van der Waals surface area contributed by atoms with Crippen LogP contribution in [0.15, 0.2) is 0 Å². The van der Waals surface area contributed by atoms with E-state index in [2.05, 4.69) is 0 Å². The van der Waals surface area contributed by atoms with Crippen molar-refractivity contribution in [3.8, 4) is 0 Å². The van der Waals surface area contributed by atoms with Crippen LogP contribution in [0.1, 0.15) is 8.85 Å². The van der Waals surface area contributed by atoms with Gasteiger partial charge in [-0.05, 0) is 0 Å². The summed E-state index contributed by atoms with van der Waals surface area (Å²) in [7, 11) is 0. The Morgan fingerprint density at radius 1 is 1.22 bits per heavy atom. The van der Waals surface area contributed by atoms with Crippen molar-refractivity contribution in [1.82, 2.24) is 0 Å². The van der Waals surface area contributed by atoms with E-state index < -0.39 is 13.4 Å². The van der Waals surface area contributed by atoms with Crippen molar-refractivity contribution in [1.29, 1.82) is 0 Å². The average Bonchev–Trinajstić information content (AvgIpc) is 0.722. The van der Waals surface area contributed by atoms with Gasteiger partial charge < -0.3 is 1.43 Å². The Labute approximate surface area is 89.8 Å². The van der Waals surface area contributed by atoms with Crippen molar-refractivity contribution in [2.24, 2.45) is 0 Å². The summed E-state index contributed by atoms with van der Waals surface area (Å²) < 4.78 is 31.8. The summed E-state index contributed by atoms with van der Waals surface area (Å²) in [6.45, 7) is 0. The molecule has 0 aromatic rings. The van der Waals surface area contributed by atoms with Crippen molar-refractivity contribution in [2.75, 3.05) is 0 Å². The van der Waals surface area contributed by atoms with Gasteiger partial charge >= 0.3 is 48.3 Å². The number of hydrogen-bond donors (Lipinski definition) is 2. The molecule has 0 aliphatic carbocycles. The van der Waals surface area contributed by atoms with Crippen molar-refractivity contribution in [3.63, 3.8) is 0 Å². The molecule has 0 atom stereocenters. The Bertz CT molecular complexity index is 108. The van der Waals surface area contributed by atoms with Crippen molar-refractivity contribution in [2.45, 2.75) is 7.43 Å². The fourth-order valence-electron chi connectivity index (χ4n) is 0. The van der Waals surface area contributed by atoms with E-state index in [4.69, 9.17) is 16.0 Å². The fourth-order valence-corrected chi connectivity index (χ4v) is 0. The predicted molar refractivity (Wildman–Crippen MR) is 13.7 cm³/mol. The Balaban J connectivity index is -0.00000000800. The molecule has 0 aromatic carbocycles. The molecule has 62 valence electrons. The first kappa shape index (κ1) is 31.1. The van der Waals surface area contributed by atoms with E-state index in [9.17, 15) is 0 Å². The Kier molecular flexibility index (Phi) is 42.6. The SMILES string of the molecule is C.[Co].[H-].[Li+].[Ni].[O]=[Mn](=[O])([OH])[OH]. The topological polar surface area (TPSA) is 74.6 Å². The standard InChI is InChI=1S/CH4.Co.Li.Mn.Ni.2H2O.2O.H/h1H4;;;;;2*1H2;;;/q;;+1;+2;;;;;;-1/p-2. The van der Waals surface area contributed by atoms with Gasteiger partial charge in [-0.15, -0.1) is 0 Å². The zero-order valence-corrected chi connectivity index (χ0v) is 6.95. The van der Waals surface area contributed by atoms with Crippen LogP contribution in [0.2, 0.25) is 0 Å². The minimum absolute atomic E-state index is 0. The summed E-state index contributed by atoms with van der Waals surface area (Å²) in [4.78, 5) is 0. The van der Waals surface area contributed by atoms with Crippen LogP contribution < -0.4 is 18.9 Å². The van der Waals surface area contributed by atoms with Gasteiger partial charge in [0, 0.05) is 33.3 Å². The van der Waals surface area contributed by atoms with E-state index in [0.29, 0.717) is 0 Å². The molecular weight excluding hydrogens is 256 g/mol. The molecule has 0 saturated carbocycles. The van der Waals surface area contributed by atoms with Crippen LogP contribution in [0.25, 0.3) is 0 Å². The van der Waals surface area contributed by atoms with Gasteiger partial charge in [0.25, 0.3) is 0 Å². The third-order valence-electron chi connectivity index (χ3n) is 0. The molecule has 0 unspecified atom stereocenters. The van der Waals surface area contributed by atoms with Crippen molar-refractivity contribution >= 4 is 0 Å². The second-order valence-electron chi connectivity index (χ2n) is 0.415. The Morgan fingerprint density at radius 2 is 1.22 bits per heavy atom. The maximum absolute atomic E-state index is 8.80. The molecule has 9 heavy (non-hydrogen) atoms. The summed E-state index contributed by atoms with van der Waals surface area (Å²) in [6.07, 6.45) is 0. The van der Waals surface area contributed by atoms with Gasteiger partial charge in [-0.3, -0.25) is 0 Å². The van der Waals surface area contributed by atoms with Crippen LogP contribution in [-0.4, -0.2) is 8.38 Å². The van der Waals surface area contributed by atoms with Crippen LogP contribution >= 0.6 is 0 Å². The van der Waals surface area contributed by atoms with E-state index in [-0.39, 0.29) is 61.0 Å². The van der Waals surface area contributed by atoms with E-state index >= 15 is 0 Å². The molecule has 0 amide bonds. The molecule has 0 rings (SSSR count). The first-order valence-electron chi connectivity index (χ1n) is 0.647. The zero-order valence-electron chi connectivity index (χ0n) is 4.74. The zero-order chi connectivity index (χ0) is 4.50. The molecule has 0 saturated heterocycles. The van der Waals surface area contributed by atoms with Crippen LogP contribution in [0.5, 0.6) is 0 Å². The van der Waals surface area contributed by atoms with E-state index in [0.717, 1.165) is 0 Å². The molecule has 0 aromatic heterocycles. The Hall–Kier alpha value is 1.64. The Morgan fingerprint density at radius 3 is 1.22 bits per heavy atom. The van der Waals surface area contributed by atoms with Gasteiger partial charge in [0.2, 0.25) is 0 Å². The molecule has 0 spiro atoms. The fraction of sp³-hybridized carbons (Fsp3) is 1.00. The van der Waals surface area contributed by atoms with Gasteiger partial charge in [-0.1, -0.05) is 7.43 Å². The molecule has 0 aliphatic rings. The maximum atomic E-state index is 8.80. The second kappa shape index (κ2) is 12.3. The van der Waals surface area contributed by atoms with Crippen molar-refractivity contribution < 1.29 is 83.0 Å². The van der Waals surface area contributed by atoms with E-state index in [1.807, 2.05) is 0 Å². The molecule has 0 heterocycles. The third kappa shape index (κ3) is 210. The van der Waals surface area contributed by atoms with Crippen LogP contribution in [0.4, 0.5) is 0 Å². The molecular formula is CH7CoLiMnNiO4. The molecule has 4 nitrogen and oxygen atoms in total. The van der Waals surface area contributed by atoms with Gasteiger partial charge in [-0.25, -0.2) is 0 Å². The molecule has 0 aliphatic heterocycles. The first-order valence-corrected chi connectivity index (χ1v) is 2.67. The average molecular weight is 263 g/mol. The van der Waals surface area contributed by atoms with Crippen LogP contribution in [0.3, 0.4) is 0 Å². The van der Waals surface area contributed by atoms with E-state index in [1.165, 1.54) is 0 Å². The van der Waals surface area contributed by atoms with Crippen molar-refractivity contribution in [3.05, 3.63) is 0 Å². The number of rotatable bonds is 0. The van der Waals surface area contributed by atoms with Crippen LogP contribution in [0, 0.1) is 0 Å². The summed E-state index contributed by atoms with van der Waals surface area (Å²) >= 11 is -5.12. The third-order valence-corrected chi connectivity index (χ3v) is 0. The minimum atomic E-state index is -5.12. The van der Waals surface area contributed by atoms with Gasteiger partial charge in [-0.2, -0.15) is 0 Å². The molecule has 2 N–H and O–H groups in total. The van der Waals surface area contributed by atoms with Gasteiger partial charge in [0.05, 0.1) is 0 Å². The number of hydrogen-bond acceptors (Lipinski definition) is 2. The molecule has 0 bridgehead atoms. The molecule has 0 fully saturated rings. The van der Waals surface area contributed by atoms with Gasteiger partial charge in [0.15, 0.2) is 0 Å². The predicted octanol–water partition coefficient (Wildman–Crippen LogP) is -3.61. The second-order valence-corrected chi connectivity index (χ2v) is 1.71.